The molecular weight excluding hydrogens is 650 g/mol. The number of hydrogen-bond donors (Lipinski definition) is 2. The van der Waals surface area contributed by atoms with Gasteiger partial charge < -0.3 is 69.4 Å². The van der Waals surface area contributed by atoms with Crippen molar-refractivity contribution in [3.05, 3.63) is 66.7 Å². The van der Waals surface area contributed by atoms with E-state index in [1.807, 2.05) is 12.1 Å². The van der Waals surface area contributed by atoms with Crippen molar-refractivity contribution >= 4 is 33.1 Å². The number of aryl methyl sites for hydroxylation is 1. The van der Waals surface area contributed by atoms with Crippen LogP contribution in [0.5, 0.6) is 0 Å². The Morgan fingerprint density at radius 1 is 0.765 bits per heavy atom. The van der Waals surface area contributed by atoms with Crippen LogP contribution >= 0.6 is 0 Å². The average molecular weight is 686 g/mol. The lowest BCUT2D eigenvalue weighted by atomic mass is 9.98. The Balaban J connectivity index is 0.00000193. The summed E-state index contributed by atoms with van der Waals surface area (Å²) < 4.78 is 3.54. The molecule has 34 heavy (non-hydrogen) atoms. The molecule has 1 aromatic heterocycles. The largest absolute Gasteiger partial charge is 1.00 e. The van der Waals surface area contributed by atoms with Gasteiger partial charge in [0.2, 0.25) is 11.2 Å². The first-order chi connectivity index (χ1) is 15.0. The molecule has 0 saturated heterocycles. The third kappa shape index (κ3) is 6.10. The number of aromatic nitrogens is 1. The monoisotopic (exact) mass is 686 g/mol. The fourth-order valence-corrected chi connectivity index (χ4v) is 4.55. The van der Waals surface area contributed by atoms with E-state index in [-0.39, 0.29) is 53.4 Å². The number of nitrogen functional groups attached to an aromatic ring is 2. The molecule has 0 amide bonds. The van der Waals surface area contributed by atoms with Crippen LogP contribution in [-0.4, -0.2) is 36.6 Å². The van der Waals surface area contributed by atoms with Gasteiger partial charge in [0.05, 0.1) is 43.9 Å². The minimum atomic E-state index is 0. The molecule has 0 aliphatic carbocycles. The highest BCUT2D eigenvalue weighted by Gasteiger charge is 2.25. The topological polar surface area (TPSA) is 87.4 Å². The van der Waals surface area contributed by atoms with E-state index < -0.39 is 0 Å². The molecular formula is C27H36I2N4O. The minimum Gasteiger partial charge on any atom is -1.00 e. The van der Waals surface area contributed by atoms with Crippen molar-refractivity contribution in [2.45, 2.75) is 26.8 Å². The van der Waals surface area contributed by atoms with Gasteiger partial charge in [-0.3, -0.25) is 0 Å². The first-order valence-corrected chi connectivity index (χ1v) is 11.3. The predicted octanol–water partition coefficient (Wildman–Crippen LogP) is -1.83. The molecule has 3 aromatic carbocycles. The molecule has 0 atom stereocenters. The van der Waals surface area contributed by atoms with Crippen molar-refractivity contribution in [1.82, 2.24) is 0 Å². The Kier molecular flexibility index (Phi) is 11.5. The van der Waals surface area contributed by atoms with Crippen molar-refractivity contribution in [1.29, 1.82) is 0 Å². The molecule has 0 aliphatic heterocycles. The summed E-state index contributed by atoms with van der Waals surface area (Å²) in [6.45, 7) is 8.93. The molecule has 4 aromatic rings. The van der Waals surface area contributed by atoms with Crippen molar-refractivity contribution in [3.8, 4) is 11.3 Å². The summed E-state index contributed by atoms with van der Waals surface area (Å²) >= 11 is 0. The summed E-state index contributed by atoms with van der Waals surface area (Å²) in [5.41, 5.74) is 17.7. The van der Waals surface area contributed by atoms with Gasteiger partial charge in [-0.05, 0) is 50.2 Å². The normalized spacial score (nSPS) is 10.9. The number of fused-ring (bicyclic) bond motifs is 3. The fourth-order valence-electron chi connectivity index (χ4n) is 4.55. The maximum Gasteiger partial charge on any atom is 0.220 e. The van der Waals surface area contributed by atoms with E-state index in [1.54, 1.807) is 0 Å². The van der Waals surface area contributed by atoms with Crippen LogP contribution in [-0.2, 0) is 6.54 Å². The number of halogens is 2. The molecule has 0 spiro atoms. The molecule has 0 radical (unpaired) electrons. The highest BCUT2D eigenvalue weighted by molar-refractivity contribution is 6.10. The molecule has 0 unspecified atom stereocenters. The van der Waals surface area contributed by atoms with Gasteiger partial charge in [-0.15, -0.1) is 0 Å². The summed E-state index contributed by atoms with van der Waals surface area (Å²) in [5, 5.41) is 3.61. The van der Waals surface area contributed by atoms with E-state index in [1.165, 1.54) is 32.9 Å². The molecule has 6 N–H and O–H groups in total. The summed E-state index contributed by atoms with van der Waals surface area (Å²) in [5.74, 6) is 0. The number of hydrogen-bond acceptors (Lipinski definition) is 2. The molecule has 0 aliphatic rings. The summed E-state index contributed by atoms with van der Waals surface area (Å²) in [7, 11) is 2.35. The number of quaternary nitrogens is 1. The third-order valence-electron chi connectivity index (χ3n) is 6.83. The van der Waals surface area contributed by atoms with Gasteiger partial charge in [0.15, 0.2) is 6.54 Å². The Morgan fingerprint density at radius 2 is 1.35 bits per heavy atom. The minimum absolute atomic E-state index is 0. The van der Waals surface area contributed by atoms with Crippen LogP contribution in [0.3, 0.4) is 0 Å². The number of pyridine rings is 1. The molecule has 184 valence electrons. The van der Waals surface area contributed by atoms with Gasteiger partial charge >= 0.3 is 0 Å². The van der Waals surface area contributed by atoms with Crippen LogP contribution in [0.25, 0.3) is 32.9 Å². The smallest absolute Gasteiger partial charge is 0.220 e. The zero-order valence-electron chi connectivity index (χ0n) is 20.2. The SMILES string of the molecule is CC[N+](C)(CC)CCC[n+]1c(-c2ccccc2)c2cc(N)ccc2c2ccc(N)cc21.O.[I-].[I-]. The lowest BCUT2D eigenvalue weighted by Gasteiger charge is -2.31. The summed E-state index contributed by atoms with van der Waals surface area (Å²) in [6, 6.07) is 23.1. The zero-order chi connectivity index (χ0) is 22.0. The Morgan fingerprint density at radius 3 is 1.97 bits per heavy atom. The second-order valence-electron chi connectivity index (χ2n) is 8.78. The Bertz CT molecular complexity index is 1230. The molecule has 0 bridgehead atoms. The van der Waals surface area contributed by atoms with Crippen molar-refractivity contribution in [2.75, 3.05) is 38.1 Å². The van der Waals surface area contributed by atoms with Crippen molar-refractivity contribution in [2.24, 2.45) is 0 Å². The first-order valence-electron chi connectivity index (χ1n) is 11.3. The first kappa shape index (κ1) is 30.3. The van der Waals surface area contributed by atoms with Gasteiger partial charge in [0, 0.05) is 28.4 Å². The van der Waals surface area contributed by atoms with E-state index in [0.717, 1.165) is 48.5 Å². The molecule has 7 heteroatoms. The number of anilines is 2. The standard InChI is InChI=1S/C27H33N4.2HI.H2O/c1-4-31(3,5-2)17-9-16-30-26-19-22(29)13-15-24(26)23-14-12-21(28)18-25(23)27(30)20-10-7-6-8-11-20;;;/h6-8,10-15,18-19,29H,4-5,9,16-17,28H2,1-3H3;2*1H;1H2/q+1;;;/p-1. The van der Waals surface area contributed by atoms with E-state index in [0.29, 0.717) is 0 Å². The second-order valence-corrected chi connectivity index (χ2v) is 8.78. The van der Waals surface area contributed by atoms with Crippen molar-refractivity contribution in [3.63, 3.8) is 0 Å². The maximum atomic E-state index is 6.25. The second kappa shape index (κ2) is 12.9. The van der Waals surface area contributed by atoms with E-state index in [4.69, 9.17) is 11.5 Å². The molecule has 0 saturated carbocycles. The van der Waals surface area contributed by atoms with Gasteiger partial charge in [0.25, 0.3) is 0 Å². The number of nitrogens with two attached hydrogens (primary N) is 2. The third-order valence-corrected chi connectivity index (χ3v) is 6.83. The Hall–Kier alpha value is -1.69. The van der Waals surface area contributed by atoms with Crippen LogP contribution in [0.15, 0.2) is 66.7 Å². The van der Waals surface area contributed by atoms with Crippen LogP contribution in [0, 0.1) is 0 Å². The van der Waals surface area contributed by atoms with Crippen LogP contribution < -0.4 is 64.0 Å². The maximum absolute atomic E-state index is 6.25. The van der Waals surface area contributed by atoms with Crippen LogP contribution in [0.2, 0.25) is 0 Å². The lowest BCUT2D eigenvalue weighted by Crippen LogP contribution is -3.00. The zero-order valence-corrected chi connectivity index (χ0v) is 24.5. The highest BCUT2D eigenvalue weighted by Crippen LogP contribution is 2.33. The predicted molar refractivity (Wildman–Crippen MR) is 136 cm³/mol. The van der Waals surface area contributed by atoms with E-state index >= 15 is 0 Å². The molecule has 1 heterocycles. The summed E-state index contributed by atoms with van der Waals surface area (Å²) in [6.07, 6.45) is 1.10. The number of nitrogens with zero attached hydrogens (tertiary/aromatic N) is 2. The molecule has 5 nitrogen and oxygen atoms in total. The van der Waals surface area contributed by atoms with Crippen LogP contribution in [0.4, 0.5) is 11.4 Å². The van der Waals surface area contributed by atoms with Crippen LogP contribution in [0.1, 0.15) is 20.3 Å². The summed E-state index contributed by atoms with van der Waals surface area (Å²) in [4.78, 5) is 0. The number of benzene rings is 3. The quantitative estimate of drug-likeness (QED) is 0.0789. The van der Waals surface area contributed by atoms with E-state index in [2.05, 4.69) is 80.1 Å². The van der Waals surface area contributed by atoms with Gasteiger partial charge in [-0.25, -0.2) is 0 Å². The van der Waals surface area contributed by atoms with E-state index in [9.17, 15) is 0 Å². The van der Waals surface area contributed by atoms with Crippen molar-refractivity contribution < 1.29 is 62.5 Å². The van der Waals surface area contributed by atoms with Gasteiger partial charge in [0.1, 0.15) is 0 Å². The highest BCUT2D eigenvalue weighted by atomic mass is 127. The lowest BCUT2D eigenvalue weighted by molar-refractivity contribution is -0.908. The molecule has 4 rings (SSSR count). The van der Waals surface area contributed by atoms with Gasteiger partial charge in [-0.1, -0.05) is 24.3 Å². The molecule has 0 fully saturated rings. The Labute approximate surface area is 237 Å². The fraction of sp³-hybridized carbons (Fsp3) is 0.296. The number of rotatable bonds is 7. The van der Waals surface area contributed by atoms with Gasteiger partial charge in [-0.2, -0.15) is 4.57 Å². The average Bonchev–Trinajstić information content (AvgIpc) is 2.79.